The van der Waals surface area contributed by atoms with Crippen molar-refractivity contribution in [3.05, 3.63) is 66.0 Å². The predicted molar refractivity (Wildman–Crippen MR) is 96.9 cm³/mol. The first-order valence-electron chi connectivity index (χ1n) is 8.80. The van der Waals surface area contributed by atoms with Crippen LogP contribution in [0.5, 0.6) is 0 Å². The molecule has 1 aliphatic heterocycles. The van der Waals surface area contributed by atoms with E-state index in [1.54, 1.807) is 17.3 Å². The fourth-order valence-corrected chi connectivity index (χ4v) is 3.17. The van der Waals surface area contributed by atoms with Gasteiger partial charge in [-0.2, -0.15) is 0 Å². The van der Waals surface area contributed by atoms with Crippen LogP contribution in [0.15, 0.2) is 54.9 Å². The molecule has 1 amide bonds. The Morgan fingerprint density at radius 3 is 2.62 bits per heavy atom. The summed E-state index contributed by atoms with van der Waals surface area (Å²) in [5.41, 5.74) is 7.96. The zero-order chi connectivity index (χ0) is 18.4. The second-order valence-corrected chi connectivity index (χ2v) is 6.45. The first-order valence-corrected chi connectivity index (χ1v) is 8.80. The Labute approximate surface area is 153 Å². The molecule has 6 heteroatoms. The molecule has 0 aliphatic carbocycles. The standard InChI is InChI=1S/C20H23N3O3/c21-17(13-15-8-10-22-11-9-15)19(24)23-12-4-7-18(23)20(25)26-14-16-5-2-1-3-6-16/h1-3,5-6,8-11,17-18H,4,7,12-14,21H2/t17-,18+/m0/s1. The predicted octanol–water partition coefficient (Wildman–Crippen LogP) is 1.69. The van der Waals surface area contributed by atoms with Gasteiger partial charge < -0.3 is 15.4 Å². The number of pyridine rings is 1. The van der Waals surface area contributed by atoms with E-state index in [1.165, 1.54) is 0 Å². The number of carbonyl (C=O) groups is 2. The lowest BCUT2D eigenvalue weighted by Crippen LogP contribution is -2.49. The van der Waals surface area contributed by atoms with Crippen molar-refractivity contribution < 1.29 is 14.3 Å². The molecule has 136 valence electrons. The molecule has 1 aromatic carbocycles. The summed E-state index contributed by atoms with van der Waals surface area (Å²) in [7, 11) is 0. The molecule has 6 nitrogen and oxygen atoms in total. The van der Waals surface area contributed by atoms with Gasteiger partial charge in [0.2, 0.25) is 5.91 Å². The third-order valence-electron chi connectivity index (χ3n) is 4.55. The number of hydrogen-bond donors (Lipinski definition) is 1. The molecule has 1 fully saturated rings. The van der Waals surface area contributed by atoms with Crippen LogP contribution >= 0.6 is 0 Å². The normalized spacial score (nSPS) is 17.7. The summed E-state index contributed by atoms with van der Waals surface area (Å²) in [6, 6.07) is 11.9. The quantitative estimate of drug-likeness (QED) is 0.799. The van der Waals surface area contributed by atoms with Crippen LogP contribution in [0.1, 0.15) is 24.0 Å². The van der Waals surface area contributed by atoms with Crippen molar-refractivity contribution in [3.8, 4) is 0 Å². The molecule has 2 N–H and O–H groups in total. The molecular weight excluding hydrogens is 330 g/mol. The molecule has 0 radical (unpaired) electrons. The topological polar surface area (TPSA) is 85.5 Å². The Balaban J connectivity index is 1.58. The minimum atomic E-state index is -0.681. The fraction of sp³-hybridized carbons (Fsp3) is 0.350. The Morgan fingerprint density at radius 2 is 1.88 bits per heavy atom. The first-order chi connectivity index (χ1) is 12.6. The highest BCUT2D eigenvalue weighted by Crippen LogP contribution is 2.20. The summed E-state index contributed by atoms with van der Waals surface area (Å²) in [6.45, 7) is 0.745. The van der Waals surface area contributed by atoms with E-state index in [0.717, 1.165) is 17.5 Å². The molecular formula is C20H23N3O3. The molecule has 3 rings (SSSR count). The Hall–Kier alpha value is -2.73. The van der Waals surface area contributed by atoms with Gasteiger partial charge in [0.1, 0.15) is 12.6 Å². The Morgan fingerprint density at radius 1 is 1.15 bits per heavy atom. The molecule has 0 saturated carbocycles. The highest BCUT2D eigenvalue weighted by atomic mass is 16.5. The van der Waals surface area contributed by atoms with E-state index in [4.69, 9.17) is 10.5 Å². The van der Waals surface area contributed by atoms with Gasteiger partial charge in [0.25, 0.3) is 0 Å². The van der Waals surface area contributed by atoms with Gasteiger partial charge in [0, 0.05) is 18.9 Å². The molecule has 1 aromatic heterocycles. The lowest BCUT2D eigenvalue weighted by molar-refractivity contribution is -0.154. The van der Waals surface area contributed by atoms with Gasteiger partial charge in [-0.25, -0.2) is 4.79 Å². The third kappa shape index (κ3) is 4.46. The minimum Gasteiger partial charge on any atom is -0.459 e. The van der Waals surface area contributed by atoms with Crippen LogP contribution < -0.4 is 5.73 Å². The number of aromatic nitrogens is 1. The number of esters is 1. The smallest absolute Gasteiger partial charge is 0.329 e. The Kier molecular flexibility index (Phi) is 5.96. The molecule has 26 heavy (non-hydrogen) atoms. The zero-order valence-corrected chi connectivity index (χ0v) is 14.6. The maximum atomic E-state index is 12.7. The monoisotopic (exact) mass is 353 g/mol. The summed E-state index contributed by atoms with van der Waals surface area (Å²) in [6.07, 6.45) is 5.15. The highest BCUT2D eigenvalue weighted by molar-refractivity contribution is 5.88. The molecule has 0 spiro atoms. The maximum Gasteiger partial charge on any atom is 0.329 e. The number of amides is 1. The van der Waals surface area contributed by atoms with E-state index >= 15 is 0 Å². The number of carbonyl (C=O) groups excluding carboxylic acids is 2. The number of benzene rings is 1. The molecule has 1 saturated heterocycles. The van der Waals surface area contributed by atoms with Gasteiger partial charge in [-0.1, -0.05) is 30.3 Å². The number of likely N-dealkylation sites (tertiary alicyclic amines) is 1. The number of nitrogens with zero attached hydrogens (tertiary/aromatic N) is 2. The average molecular weight is 353 g/mol. The van der Waals surface area contributed by atoms with Crippen molar-refractivity contribution in [1.82, 2.24) is 9.88 Å². The average Bonchev–Trinajstić information content (AvgIpc) is 3.17. The van der Waals surface area contributed by atoms with Crippen molar-refractivity contribution >= 4 is 11.9 Å². The van der Waals surface area contributed by atoms with Gasteiger partial charge in [0.15, 0.2) is 0 Å². The summed E-state index contributed by atoms with van der Waals surface area (Å²) >= 11 is 0. The van der Waals surface area contributed by atoms with E-state index in [2.05, 4.69) is 4.98 Å². The van der Waals surface area contributed by atoms with Crippen molar-refractivity contribution in [3.63, 3.8) is 0 Å². The third-order valence-corrected chi connectivity index (χ3v) is 4.55. The molecule has 2 heterocycles. The van der Waals surface area contributed by atoms with Crippen LogP contribution in [-0.2, 0) is 27.4 Å². The SMILES string of the molecule is N[C@@H](Cc1ccncc1)C(=O)N1CCC[C@@H]1C(=O)OCc1ccccc1. The van der Waals surface area contributed by atoms with Crippen molar-refractivity contribution in [1.29, 1.82) is 0 Å². The summed E-state index contributed by atoms with van der Waals surface area (Å²) in [5, 5.41) is 0. The lowest BCUT2D eigenvalue weighted by atomic mass is 10.1. The van der Waals surface area contributed by atoms with E-state index in [1.807, 2.05) is 42.5 Å². The van der Waals surface area contributed by atoms with Crippen LogP contribution in [0.2, 0.25) is 0 Å². The van der Waals surface area contributed by atoms with Gasteiger partial charge >= 0.3 is 5.97 Å². The fourth-order valence-electron chi connectivity index (χ4n) is 3.17. The van der Waals surface area contributed by atoms with Crippen molar-refractivity contribution in [2.45, 2.75) is 38.0 Å². The second kappa shape index (κ2) is 8.58. The molecule has 1 aliphatic rings. The minimum absolute atomic E-state index is 0.207. The molecule has 0 unspecified atom stereocenters. The second-order valence-electron chi connectivity index (χ2n) is 6.45. The number of nitrogens with two attached hydrogens (primary N) is 1. The molecule has 2 aromatic rings. The number of hydrogen-bond acceptors (Lipinski definition) is 5. The summed E-state index contributed by atoms with van der Waals surface area (Å²) in [4.78, 5) is 30.7. The van der Waals surface area contributed by atoms with Gasteiger partial charge in [-0.05, 0) is 42.5 Å². The zero-order valence-electron chi connectivity index (χ0n) is 14.6. The van der Waals surface area contributed by atoms with E-state index in [-0.39, 0.29) is 18.5 Å². The van der Waals surface area contributed by atoms with E-state index < -0.39 is 12.1 Å². The van der Waals surface area contributed by atoms with Crippen LogP contribution in [-0.4, -0.2) is 40.4 Å². The largest absolute Gasteiger partial charge is 0.459 e. The number of rotatable bonds is 6. The van der Waals surface area contributed by atoms with Gasteiger partial charge in [0.05, 0.1) is 6.04 Å². The molecule has 2 atom stereocenters. The first kappa shape index (κ1) is 18.1. The van der Waals surface area contributed by atoms with Crippen molar-refractivity contribution in [2.24, 2.45) is 5.73 Å². The summed E-state index contributed by atoms with van der Waals surface area (Å²) < 4.78 is 5.41. The van der Waals surface area contributed by atoms with Crippen molar-refractivity contribution in [2.75, 3.05) is 6.54 Å². The lowest BCUT2D eigenvalue weighted by Gasteiger charge is -2.26. The van der Waals surface area contributed by atoms with E-state index in [9.17, 15) is 9.59 Å². The van der Waals surface area contributed by atoms with E-state index in [0.29, 0.717) is 19.4 Å². The Bertz CT molecular complexity index is 736. The number of ether oxygens (including phenoxy) is 1. The molecule has 0 bridgehead atoms. The maximum absolute atomic E-state index is 12.7. The van der Waals surface area contributed by atoms with Gasteiger partial charge in [-0.3, -0.25) is 9.78 Å². The van der Waals surface area contributed by atoms with Crippen LogP contribution in [0, 0.1) is 0 Å². The van der Waals surface area contributed by atoms with Crippen LogP contribution in [0.3, 0.4) is 0 Å². The summed E-state index contributed by atoms with van der Waals surface area (Å²) in [5.74, 6) is -0.572. The highest BCUT2D eigenvalue weighted by Gasteiger charge is 2.37. The van der Waals surface area contributed by atoms with Crippen LogP contribution in [0.25, 0.3) is 0 Å². The van der Waals surface area contributed by atoms with Gasteiger partial charge in [-0.15, -0.1) is 0 Å². The van der Waals surface area contributed by atoms with Crippen LogP contribution in [0.4, 0.5) is 0 Å².